The van der Waals surface area contributed by atoms with Crippen molar-refractivity contribution >= 4 is 35.1 Å². The molecule has 2 aromatic carbocycles. The van der Waals surface area contributed by atoms with E-state index in [9.17, 15) is 14.0 Å². The fourth-order valence-electron chi connectivity index (χ4n) is 1.66. The molecule has 0 aromatic heterocycles. The van der Waals surface area contributed by atoms with Crippen molar-refractivity contribution in [3.05, 3.63) is 54.3 Å². The lowest BCUT2D eigenvalue weighted by Crippen LogP contribution is -2.19. The molecule has 0 aliphatic rings. The van der Waals surface area contributed by atoms with Crippen LogP contribution in [0.25, 0.3) is 0 Å². The average Bonchev–Trinajstić information content (AvgIpc) is 2.48. The Morgan fingerprint density at radius 3 is 2.05 bits per heavy atom. The molecule has 3 amide bonds. The van der Waals surface area contributed by atoms with Gasteiger partial charge in [0.2, 0.25) is 5.91 Å². The number of halogens is 1. The molecule has 0 aliphatic carbocycles. The first-order valence-electron chi connectivity index (χ1n) is 6.37. The smallest absolute Gasteiger partial charge is 0.316 e. The van der Waals surface area contributed by atoms with Gasteiger partial charge in [0.05, 0.1) is 5.75 Å². The summed E-state index contributed by atoms with van der Waals surface area (Å²) >= 11 is 1.32. The van der Waals surface area contributed by atoms with E-state index < -0.39 is 6.03 Å². The molecular formula is C15H14FN3O2S. The van der Waals surface area contributed by atoms with Crippen LogP contribution in [-0.4, -0.2) is 17.7 Å². The third-order valence-electron chi connectivity index (χ3n) is 2.62. The van der Waals surface area contributed by atoms with Gasteiger partial charge in [-0.15, -0.1) is 11.8 Å². The van der Waals surface area contributed by atoms with E-state index in [-0.39, 0.29) is 17.5 Å². The topological polar surface area (TPSA) is 84.2 Å². The van der Waals surface area contributed by atoms with Crippen LogP contribution in [0.5, 0.6) is 0 Å². The van der Waals surface area contributed by atoms with Crippen molar-refractivity contribution in [2.24, 2.45) is 5.73 Å². The van der Waals surface area contributed by atoms with Gasteiger partial charge in [0.25, 0.3) is 0 Å². The molecule has 0 bridgehead atoms. The number of hydrogen-bond acceptors (Lipinski definition) is 3. The third kappa shape index (κ3) is 5.10. The summed E-state index contributed by atoms with van der Waals surface area (Å²) in [6.45, 7) is 0. The SMILES string of the molecule is NC(=O)Nc1ccc(NC(=O)CSc2ccc(F)cc2)cc1. The van der Waals surface area contributed by atoms with Crippen LogP contribution >= 0.6 is 11.8 Å². The minimum atomic E-state index is -0.646. The van der Waals surface area contributed by atoms with E-state index in [1.54, 1.807) is 36.4 Å². The van der Waals surface area contributed by atoms with Crippen molar-refractivity contribution in [3.63, 3.8) is 0 Å². The maximum absolute atomic E-state index is 12.8. The van der Waals surface area contributed by atoms with Crippen LogP contribution < -0.4 is 16.4 Å². The van der Waals surface area contributed by atoms with E-state index in [2.05, 4.69) is 10.6 Å². The maximum Gasteiger partial charge on any atom is 0.316 e. The second-order valence-electron chi connectivity index (χ2n) is 4.36. The van der Waals surface area contributed by atoms with Crippen LogP contribution in [0.2, 0.25) is 0 Å². The van der Waals surface area contributed by atoms with Crippen molar-refractivity contribution in [1.82, 2.24) is 0 Å². The lowest BCUT2D eigenvalue weighted by molar-refractivity contribution is -0.113. The lowest BCUT2D eigenvalue weighted by atomic mass is 10.3. The first-order valence-corrected chi connectivity index (χ1v) is 7.36. The van der Waals surface area contributed by atoms with Gasteiger partial charge in [0.1, 0.15) is 5.82 Å². The number of primary amides is 1. The highest BCUT2D eigenvalue weighted by Crippen LogP contribution is 2.19. The fraction of sp³-hybridized carbons (Fsp3) is 0.0667. The highest BCUT2D eigenvalue weighted by molar-refractivity contribution is 8.00. The standard InChI is InChI=1S/C15H14FN3O2S/c16-10-1-7-13(8-2-10)22-9-14(20)18-11-3-5-12(6-4-11)19-15(17)21/h1-8H,9H2,(H,18,20)(H3,17,19,21). The van der Waals surface area contributed by atoms with Gasteiger partial charge < -0.3 is 16.4 Å². The molecule has 0 atom stereocenters. The fourth-order valence-corrected chi connectivity index (χ4v) is 2.35. The van der Waals surface area contributed by atoms with E-state index >= 15 is 0 Å². The molecule has 0 spiro atoms. The number of rotatable bonds is 5. The normalized spacial score (nSPS) is 10.0. The number of benzene rings is 2. The molecule has 0 saturated heterocycles. The monoisotopic (exact) mass is 319 g/mol. The van der Waals surface area contributed by atoms with Crippen LogP contribution in [-0.2, 0) is 4.79 Å². The molecule has 2 aromatic rings. The number of nitrogens with two attached hydrogens (primary N) is 1. The predicted octanol–water partition coefficient (Wildman–Crippen LogP) is 3.05. The largest absolute Gasteiger partial charge is 0.351 e. The number of nitrogens with one attached hydrogen (secondary N) is 2. The lowest BCUT2D eigenvalue weighted by Gasteiger charge is -2.07. The molecule has 7 heteroatoms. The van der Waals surface area contributed by atoms with Gasteiger partial charge in [-0.3, -0.25) is 4.79 Å². The van der Waals surface area contributed by atoms with Crippen molar-refractivity contribution in [1.29, 1.82) is 0 Å². The summed E-state index contributed by atoms with van der Waals surface area (Å²) in [5.74, 6) is -0.268. The molecule has 4 N–H and O–H groups in total. The van der Waals surface area contributed by atoms with Crippen molar-refractivity contribution in [2.75, 3.05) is 16.4 Å². The molecule has 0 aliphatic heterocycles. The minimum Gasteiger partial charge on any atom is -0.351 e. The molecule has 0 heterocycles. The Balaban J connectivity index is 1.83. The molecule has 0 saturated carbocycles. The Morgan fingerprint density at radius 1 is 0.955 bits per heavy atom. The number of urea groups is 1. The molecule has 0 unspecified atom stereocenters. The summed E-state index contributed by atoms with van der Waals surface area (Å²) in [6.07, 6.45) is 0. The quantitative estimate of drug-likeness (QED) is 0.741. The van der Waals surface area contributed by atoms with E-state index in [4.69, 9.17) is 5.73 Å². The van der Waals surface area contributed by atoms with Gasteiger partial charge in [0.15, 0.2) is 0 Å². The molecule has 5 nitrogen and oxygen atoms in total. The van der Waals surface area contributed by atoms with Crippen LogP contribution in [0.4, 0.5) is 20.6 Å². The van der Waals surface area contributed by atoms with E-state index in [0.717, 1.165) is 4.90 Å². The summed E-state index contributed by atoms with van der Waals surface area (Å²) in [5.41, 5.74) is 6.16. The van der Waals surface area contributed by atoms with E-state index in [1.165, 1.54) is 23.9 Å². The maximum atomic E-state index is 12.8. The predicted molar refractivity (Wildman–Crippen MR) is 85.4 cm³/mol. The Hall–Kier alpha value is -2.54. The second-order valence-corrected chi connectivity index (χ2v) is 5.41. The first kappa shape index (κ1) is 15.8. The molecule has 2 rings (SSSR count). The summed E-state index contributed by atoms with van der Waals surface area (Å²) < 4.78 is 12.8. The van der Waals surface area contributed by atoms with Gasteiger partial charge in [0, 0.05) is 16.3 Å². The van der Waals surface area contributed by atoms with Crippen molar-refractivity contribution < 1.29 is 14.0 Å². The summed E-state index contributed by atoms with van der Waals surface area (Å²) in [6, 6.07) is 11.9. The Labute approximate surface area is 131 Å². The van der Waals surface area contributed by atoms with Crippen molar-refractivity contribution in [3.8, 4) is 0 Å². The Morgan fingerprint density at radius 2 is 1.50 bits per heavy atom. The highest BCUT2D eigenvalue weighted by atomic mass is 32.2. The summed E-state index contributed by atoms with van der Waals surface area (Å²) in [4.78, 5) is 23.3. The van der Waals surface area contributed by atoms with Crippen LogP contribution in [0.3, 0.4) is 0 Å². The zero-order valence-corrected chi connectivity index (χ0v) is 12.3. The van der Waals surface area contributed by atoms with E-state index in [1.807, 2.05) is 0 Å². The van der Waals surface area contributed by atoms with Gasteiger partial charge in [-0.25, -0.2) is 9.18 Å². The third-order valence-corrected chi connectivity index (χ3v) is 3.63. The summed E-state index contributed by atoms with van der Waals surface area (Å²) in [7, 11) is 0. The Kier molecular flexibility index (Phi) is 5.37. The number of amides is 3. The van der Waals surface area contributed by atoms with Crippen LogP contribution in [0.15, 0.2) is 53.4 Å². The van der Waals surface area contributed by atoms with Gasteiger partial charge in [-0.05, 0) is 48.5 Å². The summed E-state index contributed by atoms with van der Waals surface area (Å²) in [5, 5.41) is 5.15. The Bertz CT molecular complexity index is 659. The second kappa shape index (κ2) is 7.46. The number of thioether (sulfide) groups is 1. The van der Waals surface area contributed by atoms with Crippen LogP contribution in [0, 0.1) is 5.82 Å². The number of carbonyl (C=O) groups is 2. The number of carbonyl (C=O) groups excluding carboxylic acids is 2. The number of hydrogen-bond donors (Lipinski definition) is 3. The number of anilines is 2. The zero-order valence-electron chi connectivity index (χ0n) is 11.5. The van der Waals surface area contributed by atoms with Gasteiger partial charge >= 0.3 is 6.03 Å². The highest BCUT2D eigenvalue weighted by Gasteiger charge is 2.04. The molecule has 0 radical (unpaired) electrons. The van der Waals surface area contributed by atoms with Gasteiger partial charge in [-0.1, -0.05) is 0 Å². The minimum absolute atomic E-state index is 0.176. The molecular weight excluding hydrogens is 305 g/mol. The van der Waals surface area contributed by atoms with Crippen LogP contribution in [0.1, 0.15) is 0 Å². The molecule has 0 fully saturated rings. The van der Waals surface area contributed by atoms with Crippen molar-refractivity contribution in [2.45, 2.75) is 4.90 Å². The zero-order chi connectivity index (χ0) is 15.9. The van der Waals surface area contributed by atoms with E-state index in [0.29, 0.717) is 11.4 Å². The van der Waals surface area contributed by atoms with Gasteiger partial charge in [-0.2, -0.15) is 0 Å². The first-order chi connectivity index (χ1) is 10.5. The average molecular weight is 319 g/mol. The molecule has 114 valence electrons. The molecule has 22 heavy (non-hydrogen) atoms.